The van der Waals surface area contributed by atoms with Gasteiger partial charge in [0.1, 0.15) is 74.6 Å². The molecule has 3 saturated carbocycles. The summed E-state index contributed by atoms with van der Waals surface area (Å²) in [5.41, 5.74) is 0. The van der Waals surface area contributed by atoms with Crippen LogP contribution in [0.4, 0.5) is 0 Å². The Labute approximate surface area is 345 Å². The second-order valence-corrected chi connectivity index (χ2v) is 17.1. The summed E-state index contributed by atoms with van der Waals surface area (Å²) in [5.74, 6) is -4.16. The highest BCUT2D eigenvalue weighted by atomic mass is 16.7. The summed E-state index contributed by atoms with van der Waals surface area (Å²) >= 11 is 0. The number of ether oxygens (including phenoxy) is 7. The average Bonchev–Trinajstić information content (AvgIpc) is 3.20. The molecule has 3 heterocycles. The van der Waals surface area contributed by atoms with Gasteiger partial charge in [0.2, 0.25) is 0 Å². The molecule has 21 nitrogen and oxygen atoms in total. The minimum atomic E-state index is -1.83. The van der Waals surface area contributed by atoms with Crippen LogP contribution in [-0.4, -0.2) is 202 Å². The third-order valence-electron chi connectivity index (χ3n) is 12.8. The minimum absolute atomic E-state index is 0.0197. The van der Waals surface area contributed by atoms with Gasteiger partial charge in [-0.25, -0.2) is 4.79 Å². The molecular formula is C39H61O21+. The highest BCUT2D eigenvalue weighted by Crippen LogP contribution is 2.44. The van der Waals surface area contributed by atoms with Gasteiger partial charge in [-0.15, -0.1) is 0 Å². The Bertz CT molecular complexity index is 1460. The molecule has 0 bridgehead atoms. The number of aliphatic hydroxyl groups excluding tert-OH is 10. The molecule has 0 radical (unpaired) electrons. The lowest BCUT2D eigenvalue weighted by molar-refractivity contribution is -0.366. The van der Waals surface area contributed by atoms with E-state index in [0.29, 0.717) is 38.5 Å². The molecule has 3 aliphatic heterocycles. The predicted octanol–water partition coefficient (Wildman–Crippen LogP) is -4.00. The van der Waals surface area contributed by atoms with Gasteiger partial charge in [0, 0.05) is 24.8 Å². The molecule has 21 heteroatoms. The number of carboxylic acid groups (broad SMARTS) is 1. The largest absolute Gasteiger partial charge is 0.481 e. The van der Waals surface area contributed by atoms with Crippen molar-refractivity contribution in [3.63, 3.8) is 0 Å². The van der Waals surface area contributed by atoms with Crippen molar-refractivity contribution in [2.24, 2.45) is 17.8 Å². The molecule has 6 fully saturated rings. The molecule has 3 saturated heterocycles. The first-order valence-corrected chi connectivity index (χ1v) is 20.8. The van der Waals surface area contributed by atoms with Crippen LogP contribution in [0.2, 0.25) is 0 Å². The maximum atomic E-state index is 12.6. The molecule has 19 atom stereocenters. The first-order chi connectivity index (χ1) is 28.5. The molecular weight excluding hydrogens is 804 g/mol. The number of aliphatic carboxylic acids is 1. The van der Waals surface area contributed by atoms with Gasteiger partial charge >= 0.3 is 17.9 Å². The first-order valence-electron chi connectivity index (χ1n) is 20.8. The van der Waals surface area contributed by atoms with Crippen LogP contribution in [0.15, 0.2) is 12.2 Å². The lowest BCUT2D eigenvalue weighted by Crippen LogP contribution is -2.64. The SMILES string of the molecule is O=C(O)CC(=O)OCC1OC(OC2CC(O)CC3[OH+]C(C4CCC(O)CC4)C(OC4OC(COC(=O)C=CC5CCC(O)C(O)C5)C(O)C(O)C4O)CC23)C(O)C(O)C1O. The van der Waals surface area contributed by atoms with E-state index in [2.05, 4.69) is 0 Å². The van der Waals surface area contributed by atoms with Crippen LogP contribution in [-0.2, 0) is 42.8 Å². The second-order valence-electron chi connectivity index (χ2n) is 17.1. The van der Waals surface area contributed by atoms with Crippen LogP contribution in [0.5, 0.6) is 0 Å². The average molecular weight is 866 g/mol. The Morgan fingerprint density at radius 3 is 1.82 bits per heavy atom. The fourth-order valence-corrected chi connectivity index (χ4v) is 9.40. The zero-order chi connectivity index (χ0) is 43.4. The van der Waals surface area contributed by atoms with E-state index in [4.69, 9.17) is 38.3 Å². The minimum Gasteiger partial charge on any atom is -0.481 e. The van der Waals surface area contributed by atoms with E-state index < -0.39 is 154 Å². The summed E-state index contributed by atoms with van der Waals surface area (Å²) in [6.07, 6.45) is -16.9. The van der Waals surface area contributed by atoms with E-state index in [9.17, 15) is 65.4 Å². The van der Waals surface area contributed by atoms with Crippen molar-refractivity contribution in [2.45, 2.75) is 181 Å². The second kappa shape index (κ2) is 20.8. The Hall–Kier alpha value is -2.45. The van der Waals surface area contributed by atoms with Crippen molar-refractivity contribution in [2.75, 3.05) is 13.2 Å². The van der Waals surface area contributed by atoms with Gasteiger partial charge in [0.15, 0.2) is 24.8 Å². The molecule has 0 spiro atoms. The van der Waals surface area contributed by atoms with Crippen molar-refractivity contribution < 1.29 is 104 Å². The fourth-order valence-electron chi connectivity index (χ4n) is 9.40. The van der Waals surface area contributed by atoms with Crippen LogP contribution in [0.3, 0.4) is 0 Å². The number of hydrogen-bond donors (Lipinski definition) is 11. The standard InChI is InChI=1S/C39H60O21/c40-18-5-3-17(4-6-18)37-25(58-39-36(53)34(51)31(48)26(60-39)14-54-29(46)8-2-16-1-7-21(42)22(43)9-16)12-20-23(56-37)10-19(41)11-24(20)57-38-35(52)33(50)32(49)27(59-38)15-55-30(47)13-28(44)45/h2,8,16-27,31-43,48-53H,1,3-7,9-15H2,(H,44,45)/p+1. The summed E-state index contributed by atoms with van der Waals surface area (Å²) in [5, 5.41) is 115. The van der Waals surface area contributed by atoms with Gasteiger partial charge in [-0.3, -0.25) is 9.59 Å². The fraction of sp³-hybridized carbons (Fsp3) is 0.872. The Morgan fingerprint density at radius 1 is 0.617 bits per heavy atom. The number of aliphatic hydroxyl groups is 12. The van der Waals surface area contributed by atoms with E-state index in [-0.39, 0.29) is 37.5 Å². The number of hydrogen-bond acceptors (Lipinski definition) is 19. The monoisotopic (exact) mass is 865 g/mol. The van der Waals surface area contributed by atoms with Crippen LogP contribution in [0.1, 0.15) is 70.6 Å². The van der Waals surface area contributed by atoms with E-state index in [0.717, 1.165) is 0 Å². The molecule has 6 aliphatic rings. The molecule has 0 aromatic rings. The van der Waals surface area contributed by atoms with Gasteiger partial charge in [-0.1, -0.05) is 6.08 Å². The summed E-state index contributed by atoms with van der Waals surface area (Å²) in [6, 6.07) is 0. The zero-order valence-corrected chi connectivity index (χ0v) is 33.0. The lowest BCUT2D eigenvalue weighted by atomic mass is 9.73. The van der Waals surface area contributed by atoms with Crippen LogP contribution in [0, 0.1) is 17.8 Å². The molecule has 3 aliphatic carbocycles. The first kappa shape index (κ1) is 47.0. The van der Waals surface area contributed by atoms with Crippen LogP contribution in [0.25, 0.3) is 0 Å². The third kappa shape index (κ3) is 11.6. The number of fused-ring (bicyclic) bond motifs is 1. The van der Waals surface area contributed by atoms with Gasteiger partial charge in [0.25, 0.3) is 0 Å². The normalized spacial score (nSPS) is 46.3. The molecule has 0 aromatic heterocycles. The number of allylic oxidation sites excluding steroid dienone is 1. The van der Waals surface area contributed by atoms with Crippen molar-refractivity contribution >= 4 is 17.9 Å². The molecule has 0 amide bonds. The van der Waals surface area contributed by atoms with E-state index in [1.54, 1.807) is 6.08 Å². The third-order valence-corrected chi connectivity index (χ3v) is 12.8. The number of esters is 2. The maximum absolute atomic E-state index is 12.6. The van der Waals surface area contributed by atoms with Crippen LogP contribution >= 0.6 is 0 Å². The van der Waals surface area contributed by atoms with Gasteiger partial charge in [-0.2, -0.15) is 0 Å². The zero-order valence-electron chi connectivity index (χ0n) is 33.0. The summed E-state index contributed by atoms with van der Waals surface area (Å²) in [6.45, 7) is -1.20. The smallest absolute Gasteiger partial charge is 0.330 e. The van der Waals surface area contributed by atoms with E-state index in [1.807, 2.05) is 0 Å². The molecule has 342 valence electrons. The number of carboxylic acids is 1. The van der Waals surface area contributed by atoms with Crippen molar-refractivity contribution in [1.29, 1.82) is 0 Å². The van der Waals surface area contributed by atoms with Crippen molar-refractivity contribution in [3.8, 4) is 0 Å². The quantitative estimate of drug-likeness (QED) is 0.0364. The summed E-state index contributed by atoms with van der Waals surface area (Å²) in [7, 11) is 0. The van der Waals surface area contributed by atoms with E-state index >= 15 is 0 Å². The predicted molar refractivity (Wildman–Crippen MR) is 197 cm³/mol. The highest BCUT2D eigenvalue weighted by molar-refractivity contribution is 5.90. The molecule has 60 heavy (non-hydrogen) atoms. The topological polar surface area (TPSA) is 342 Å². The van der Waals surface area contributed by atoms with Gasteiger partial charge < -0.3 is 89.3 Å². The Morgan fingerprint density at radius 2 is 1.22 bits per heavy atom. The van der Waals surface area contributed by atoms with Gasteiger partial charge in [0.05, 0.1) is 36.4 Å². The maximum Gasteiger partial charge on any atom is 0.330 e. The molecule has 6 rings (SSSR count). The van der Waals surface area contributed by atoms with Crippen molar-refractivity contribution in [1.82, 2.24) is 0 Å². The molecule has 0 aromatic carbocycles. The van der Waals surface area contributed by atoms with Crippen molar-refractivity contribution in [3.05, 3.63) is 12.2 Å². The van der Waals surface area contributed by atoms with Crippen LogP contribution < -0.4 is 0 Å². The highest BCUT2D eigenvalue weighted by Gasteiger charge is 2.56. The Balaban J connectivity index is 1.15. The summed E-state index contributed by atoms with van der Waals surface area (Å²) in [4.78, 5) is 35.4. The van der Waals surface area contributed by atoms with E-state index in [1.165, 1.54) is 6.08 Å². The molecule has 19 unspecified atom stereocenters. The van der Waals surface area contributed by atoms with Gasteiger partial charge in [-0.05, 0) is 57.3 Å². The summed E-state index contributed by atoms with van der Waals surface area (Å²) < 4.78 is 39.7. The molecule has 12 N–H and O–H groups in total. The number of carbonyl (C=O) groups excluding carboxylic acids is 2. The Kier molecular flexibility index (Phi) is 16.3. The number of rotatable bonds is 13. The lowest BCUT2D eigenvalue weighted by Gasteiger charge is -2.50. The number of carbonyl (C=O) groups is 3.